The molecule has 0 spiro atoms. The van der Waals surface area contributed by atoms with Crippen molar-refractivity contribution in [3.05, 3.63) is 64.4 Å². The summed E-state index contributed by atoms with van der Waals surface area (Å²) in [4.78, 5) is 27.0. The van der Waals surface area contributed by atoms with Gasteiger partial charge in [0.25, 0.3) is 0 Å². The van der Waals surface area contributed by atoms with E-state index in [1.807, 2.05) is 24.3 Å². The molecule has 1 N–H and O–H groups in total. The Morgan fingerprint density at radius 1 is 1.12 bits per heavy atom. The molecular formula is C23H29BrFN3O4S. The third-order valence-corrected chi connectivity index (χ3v) is 6.77. The van der Waals surface area contributed by atoms with Crippen LogP contribution in [-0.4, -0.2) is 50.5 Å². The van der Waals surface area contributed by atoms with E-state index in [0.717, 1.165) is 20.6 Å². The van der Waals surface area contributed by atoms with Crippen LogP contribution in [0.2, 0.25) is 0 Å². The number of hydrogen-bond donors (Lipinski definition) is 1. The minimum atomic E-state index is -3.75. The number of likely N-dealkylation sites (N-methyl/N-ethyl adjacent to an activating group) is 1. The van der Waals surface area contributed by atoms with Crippen LogP contribution in [0.5, 0.6) is 0 Å². The molecule has 1 atom stereocenters. The largest absolute Gasteiger partial charge is 0.355 e. The summed E-state index contributed by atoms with van der Waals surface area (Å²) in [5, 5.41) is 2.73. The molecule has 33 heavy (non-hydrogen) atoms. The predicted molar refractivity (Wildman–Crippen MR) is 131 cm³/mol. The number of anilines is 1. The average Bonchev–Trinajstić information content (AvgIpc) is 2.76. The van der Waals surface area contributed by atoms with Crippen LogP contribution in [-0.2, 0) is 26.2 Å². The van der Waals surface area contributed by atoms with Crippen LogP contribution in [0.25, 0.3) is 0 Å². The number of halogens is 2. The first-order chi connectivity index (χ1) is 15.5. The number of benzene rings is 2. The molecular weight excluding hydrogens is 513 g/mol. The van der Waals surface area contributed by atoms with E-state index < -0.39 is 21.9 Å². The number of amides is 2. The van der Waals surface area contributed by atoms with Gasteiger partial charge in [-0.3, -0.25) is 13.9 Å². The fraction of sp³-hybridized carbons (Fsp3) is 0.391. The number of sulfonamides is 1. The molecule has 7 nitrogen and oxygen atoms in total. The molecule has 0 saturated carbocycles. The van der Waals surface area contributed by atoms with Crippen molar-refractivity contribution < 1.29 is 22.4 Å². The van der Waals surface area contributed by atoms with E-state index in [1.54, 1.807) is 19.9 Å². The maximum atomic E-state index is 14.2. The quantitative estimate of drug-likeness (QED) is 0.470. The van der Waals surface area contributed by atoms with E-state index in [0.29, 0.717) is 6.54 Å². The fourth-order valence-corrected chi connectivity index (χ4v) is 4.56. The van der Waals surface area contributed by atoms with Gasteiger partial charge in [0.05, 0.1) is 11.9 Å². The van der Waals surface area contributed by atoms with Crippen LogP contribution >= 0.6 is 15.9 Å². The standard InChI is InChI=1S/C23H29BrFN3O4S/c1-4-26-23(30)17(2)27(16-18-11-13-19(24)14-12-18)22(29)10-7-15-28(33(3,31)32)21-9-6-5-8-20(21)25/h5-6,8-9,11-14,17H,4,7,10,15-16H2,1-3H3,(H,26,30)/t17-/m0/s1. The highest BCUT2D eigenvalue weighted by Gasteiger charge is 2.26. The third-order valence-electron chi connectivity index (χ3n) is 5.06. The Kier molecular flexibility index (Phi) is 9.85. The number of rotatable bonds is 11. The maximum absolute atomic E-state index is 14.2. The van der Waals surface area contributed by atoms with E-state index in [4.69, 9.17) is 0 Å². The third kappa shape index (κ3) is 7.82. The maximum Gasteiger partial charge on any atom is 0.242 e. The van der Waals surface area contributed by atoms with Gasteiger partial charge in [-0.15, -0.1) is 0 Å². The van der Waals surface area contributed by atoms with Crippen molar-refractivity contribution >= 4 is 43.5 Å². The minimum Gasteiger partial charge on any atom is -0.355 e. The molecule has 0 saturated heterocycles. The van der Waals surface area contributed by atoms with Gasteiger partial charge in [-0.2, -0.15) is 0 Å². The highest BCUT2D eigenvalue weighted by atomic mass is 79.9. The van der Waals surface area contributed by atoms with Crippen LogP contribution in [0, 0.1) is 5.82 Å². The summed E-state index contributed by atoms with van der Waals surface area (Å²) < 4.78 is 40.5. The summed E-state index contributed by atoms with van der Waals surface area (Å²) in [5.41, 5.74) is 0.793. The molecule has 0 radical (unpaired) electrons. The second kappa shape index (κ2) is 12.1. The van der Waals surface area contributed by atoms with Gasteiger partial charge in [-0.1, -0.05) is 40.2 Å². The molecule has 0 aromatic heterocycles. The van der Waals surface area contributed by atoms with Gasteiger partial charge in [-0.25, -0.2) is 12.8 Å². The SMILES string of the molecule is CCNC(=O)[C@H](C)N(Cc1ccc(Br)cc1)C(=O)CCCN(c1ccccc1F)S(C)(=O)=O. The molecule has 180 valence electrons. The first kappa shape index (κ1) is 26.8. The summed E-state index contributed by atoms with van der Waals surface area (Å²) >= 11 is 3.38. The number of carbonyl (C=O) groups excluding carboxylic acids is 2. The van der Waals surface area contributed by atoms with E-state index in [2.05, 4.69) is 21.2 Å². The lowest BCUT2D eigenvalue weighted by Gasteiger charge is -2.29. The number of nitrogens with zero attached hydrogens (tertiary/aromatic N) is 2. The molecule has 2 aromatic carbocycles. The lowest BCUT2D eigenvalue weighted by atomic mass is 10.1. The van der Waals surface area contributed by atoms with Gasteiger partial charge in [0, 0.05) is 30.5 Å². The monoisotopic (exact) mass is 541 g/mol. The molecule has 2 aromatic rings. The van der Waals surface area contributed by atoms with Gasteiger partial charge >= 0.3 is 0 Å². The molecule has 10 heteroatoms. The molecule has 0 aliphatic carbocycles. The normalized spacial score (nSPS) is 12.2. The number of para-hydroxylation sites is 1. The second-order valence-electron chi connectivity index (χ2n) is 7.61. The Hall–Kier alpha value is -2.46. The first-order valence-electron chi connectivity index (χ1n) is 10.6. The Morgan fingerprint density at radius 2 is 1.76 bits per heavy atom. The van der Waals surface area contributed by atoms with Crippen LogP contribution in [0.15, 0.2) is 53.0 Å². The number of nitrogens with one attached hydrogen (secondary N) is 1. The van der Waals surface area contributed by atoms with Gasteiger partial charge in [0.1, 0.15) is 11.9 Å². The Labute approximate surface area is 203 Å². The van der Waals surface area contributed by atoms with Gasteiger partial charge in [-0.05, 0) is 50.1 Å². The molecule has 2 amide bonds. The van der Waals surface area contributed by atoms with Gasteiger partial charge in [0.15, 0.2) is 0 Å². The Balaban J connectivity index is 2.15. The zero-order valence-electron chi connectivity index (χ0n) is 18.9. The average molecular weight is 542 g/mol. The zero-order valence-corrected chi connectivity index (χ0v) is 21.3. The number of hydrogen-bond acceptors (Lipinski definition) is 4. The van der Waals surface area contributed by atoms with E-state index in [9.17, 15) is 22.4 Å². The van der Waals surface area contributed by atoms with Crippen molar-refractivity contribution in [2.24, 2.45) is 0 Å². The second-order valence-corrected chi connectivity index (χ2v) is 10.4. The van der Waals surface area contributed by atoms with Crippen molar-refractivity contribution in [3.63, 3.8) is 0 Å². The van der Waals surface area contributed by atoms with Crippen LogP contribution in [0.4, 0.5) is 10.1 Å². The van der Waals surface area contributed by atoms with Crippen LogP contribution < -0.4 is 9.62 Å². The summed E-state index contributed by atoms with van der Waals surface area (Å²) in [7, 11) is -3.75. The minimum absolute atomic E-state index is 0.000740. The van der Waals surface area contributed by atoms with E-state index in [1.165, 1.54) is 23.1 Å². The van der Waals surface area contributed by atoms with E-state index >= 15 is 0 Å². The molecule has 0 heterocycles. The Morgan fingerprint density at radius 3 is 2.33 bits per heavy atom. The van der Waals surface area contributed by atoms with Crippen LogP contribution in [0.3, 0.4) is 0 Å². The molecule has 0 aliphatic heterocycles. The zero-order chi connectivity index (χ0) is 24.6. The summed E-state index contributed by atoms with van der Waals surface area (Å²) in [6.07, 6.45) is 1.16. The van der Waals surface area contributed by atoms with Crippen molar-refractivity contribution in [1.29, 1.82) is 0 Å². The molecule has 0 unspecified atom stereocenters. The topological polar surface area (TPSA) is 86.8 Å². The Bertz CT molecular complexity index is 1060. The molecule has 0 fully saturated rings. The van der Waals surface area contributed by atoms with Crippen molar-refractivity contribution in [2.75, 3.05) is 23.7 Å². The first-order valence-corrected chi connectivity index (χ1v) is 13.2. The van der Waals surface area contributed by atoms with Crippen molar-refractivity contribution in [3.8, 4) is 0 Å². The highest BCUT2D eigenvalue weighted by molar-refractivity contribution is 9.10. The lowest BCUT2D eigenvalue weighted by molar-refractivity contribution is -0.140. The van der Waals surface area contributed by atoms with E-state index in [-0.39, 0.29) is 43.4 Å². The summed E-state index contributed by atoms with van der Waals surface area (Å²) in [5.74, 6) is -1.22. The van der Waals surface area contributed by atoms with Gasteiger partial charge in [0.2, 0.25) is 21.8 Å². The van der Waals surface area contributed by atoms with Crippen LogP contribution in [0.1, 0.15) is 32.3 Å². The summed E-state index contributed by atoms with van der Waals surface area (Å²) in [6.45, 7) is 4.06. The van der Waals surface area contributed by atoms with Crippen molar-refractivity contribution in [2.45, 2.75) is 39.3 Å². The fourth-order valence-electron chi connectivity index (χ4n) is 3.33. The molecule has 2 rings (SSSR count). The van der Waals surface area contributed by atoms with Crippen molar-refractivity contribution in [1.82, 2.24) is 10.2 Å². The smallest absolute Gasteiger partial charge is 0.242 e. The molecule has 0 aliphatic rings. The highest BCUT2D eigenvalue weighted by Crippen LogP contribution is 2.22. The summed E-state index contributed by atoms with van der Waals surface area (Å²) in [6, 6.07) is 12.3. The van der Waals surface area contributed by atoms with Gasteiger partial charge < -0.3 is 10.2 Å². The predicted octanol–water partition coefficient (Wildman–Crippen LogP) is 3.69. The molecule has 0 bridgehead atoms. The lowest BCUT2D eigenvalue weighted by Crippen LogP contribution is -2.47. The number of carbonyl (C=O) groups is 2.